The van der Waals surface area contributed by atoms with Crippen LogP contribution in [0.2, 0.25) is 22.5 Å². The van der Waals surface area contributed by atoms with Crippen molar-refractivity contribution in [1.82, 2.24) is 0 Å². The minimum absolute atomic E-state index is 0.0148. The van der Waals surface area contributed by atoms with Gasteiger partial charge in [-0.05, 0) is 0 Å². The van der Waals surface area contributed by atoms with Crippen LogP contribution in [-0.2, 0) is 0 Å². The summed E-state index contributed by atoms with van der Waals surface area (Å²) in [5.74, 6) is 0.0148. The molecule has 0 fully saturated rings. The van der Waals surface area contributed by atoms with Crippen LogP contribution < -0.4 is 3.58 Å². The Kier molecular flexibility index (Phi) is 3.81. The Morgan fingerprint density at radius 2 is 1.82 bits per heavy atom. The third kappa shape index (κ3) is 2.51. The van der Waals surface area contributed by atoms with Gasteiger partial charge >= 0.3 is 108 Å². The van der Waals surface area contributed by atoms with Crippen molar-refractivity contribution in [3.05, 3.63) is 52.1 Å². The van der Waals surface area contributed by atoms with E-state index in [0.29, 0.717) is 0 Å². The first-order valence-electron chi connectivity index (χ1n) is 6.12. The Morgan fingerprint density at radius 3 is 2.41 bits per heavy atom. The summed E-state index contributed by atoms with van der Waals surface area (Å²) in [6, 6.07) is 10.6. The van der Waals surface area contributed by atoms with E-state index in [2.05, 4.69) is 40.2 Å². The van der Waals surface area contributed by atoms with E-state index >= 15 is 0 Å². The second-order valence-electron chi connectivity index (χ2n) is 5.20. The van der Waals surface area contributed by atoms with E-state index in [4.69, 9.17) is 0 Å². The van der Waals surface area contributed by atoms with Crippen molar-refractivity contribution >= 4 is 28.9 Å². The number of hydrogen-bond acceptors (Lipinski definition) is 0. The zero-order valence-electron chi connectivity index (χ0n) is 10.7. The van der Waals surface area contributed by atoms with E-state index in [9.17, 15) is 4.32 Å². The van der Waals surface area contributed by atoms with E-state index in [1.807, 2.05) is 18.2 Å². The number of benzene rings is 1. The summed E-state index contributed by atoms with van der Waals surface area (Å²) in [6.45, 7) is 0.890. The van der Waals surface area contributed by atoms with Crippen molar-refractivity contribution in [2.75, 3.05) is 0 Å². The van der Waals surface area contributed by atoms with Gasteiger partial charge in [-0.25, -0.2) is 0 Å². The monoisotopic (exact) mass is 336 g/mol. The van der Waals surface area contributed by atoms with Gasteiger partial charge in [-0.2, -0.15) is 0 Å². The van der Waals surface area contributed by atoms with Gasteiger partial charge in [-0.3, -0.25) is 0 Å². The molecule has 0 aliphatic heterocycles. The molecule has 1 unspecified atom stereocenters. The second kappa shape index (κ2) is 5.01. The van der Waals surface area contributed by atoms with Crippen LogP contribution in [0.4, 0.5) is 4.32 Å². The van der Waals surface area contributed by atoms with E-state index < -0.39 is 25.4 Å². The molecule has 1 aromatic carbocycles. The molecule has 0 bridgehead atoms. The normalized spacial score (nSPS) is 19.3. The van der Waals surface area contributed by atoms with Gasteiger partial charge in [0.15, 0.2) is 0 Å². The molecule has 0 aromatic heterocycles. The first-order valence-corrected chi connectivity index (χ1v) is 14.7. The molecule has 1 atom stereocenters. The van der Waals surface area contributed by atoms with Crippen molar-refractivity contribution in [2.45, 2.75) is 22.5 Å². The second-order valence-corrected chi connectivity index (χ2v) is 17.8. The van der Waals surface area contributed by atoms with Crippen LogP contribution in [0, 0.1) is 0 Å². The average molecular weight is 335 g/mol. The van der Waals surface area contributed by atoms with E-state index in [0.717, 1.165) is 0 Å². The Hall–Kier alpha value is -0.506. The fourth-order valence-corrected chi connectivity index (χ4v) is 11.2. The standard InChI is InChI=1S/C6H7BF.C6H5.2CH3.Sn/c1-7(8)6-4-2-3-5-6;1-2-4-6-5-3-1;;;/h2-4,6H,1H3;1-5H;2*1H3;. The topological polar surface area (TPSA) is 0 Å². The fourth-order valence-electron chi connectivity index (χ4n) is 2.54. The molecule has 17 heavy (non-hydrogen) atoms. The van der Waals surface area contributed by atoms with Gasteiger partial charge in [0.2, 0.25) is 0 Å². The molecule has 0 spiro atoms. The maximum atomic E-state index is 13.6. The van der Waals surface area contributed by atoms with Gasteiger partial charge in [0.1, 0.15) is 0 Å². The molecule has 1 aliphatic rings. The summed E-state index contributed by atoms with van der Waals surface area (Å²) in [7, 11) is 0. The molecule has 0 saturated heterocycles. The molecule has 88 valence electrons. The molecular formula is C14H18BFSn. The van der Waals surface area contributed by atoms with Gasteiger partial charge in [-0.15, -0.1) is 0 Å². The molecule has 0 nitrogen and oxygen atoms in total. The molecule has 0 N–H and O–H groups in total. The van der Waals surface area contributed by atoms with Gasteiger partial charge in [-0.1, -0.05) is 0 Å². The SMILES string of the molecule is CB(F)C1C=CC=[C]1[Sn]([CH3])([CH3])[c]1ccccc1. The van der Waals surface area contributed by atoms with Crippen LogP contribution in [0.3, 0.4) is 0 Å². The zero-order chi connectivity index (χ0) is 12.5. The predicted octanol–water partition coefficient (Wildman–Crippen LogP) is 3.60. The maximum absolute atomic E-state index is 13.6. The summed E-state index contributed by atoms with van der Waals surface area (Å²) < 4.78 is 16.5. The van der Waals surface area contributed by atoms with E-state index in [1.165, 1.54) is 7.17 Å². The molecule has 0 amide bonds. The Bertz CT molecular complexity index is 449. The number of halogens is 1. The Morgan fingerprint density at radius 1 is 1.18 bits per heavy atom. The van der Waals surface area contributed by atoms with Crippen molar-refractivity contribution in [3.63, 3.8) is 0 Å². The van der Waals surface area contributed by atoms with Crippen LogP contribution in [0.1, 0.15) is 0 Å². The molecule has 1 aromatic rings. The third-order valence-corrected chi connectivity index (χ3v) is 14.3. The van der Waals surface area contributed by atoms with Crippen LogP contribution in [0.15, 0.2) is 52.1 Å². The number of hydrogen-bond donors (Lipinski definition) is 0. The zero-order valence-corrected chi connectivity index (χ0v) is 13.5. The number of allylic oxidation sites excluding steroid dienone is 4. The summed E-state index contributed by atoms with van der Waals surface area (Å²) in [6.07, 6.45) is 6.20. The molecular weight excluding hydrogens is 317 g/mol. The van der Waals surface area contributed by atoms with Crippen LogP contribution in [0.5, 0.6) is 0 Å². The van der Waals surface area contributed by atoms with Crippen LogP contribution in [-0.4, -0.2) is 25.4 Å². The Balaban J connectivity index is 2.34. The number of rotatable bonds is 3. The predicted molar refractivity (Wildman–Crippen MR) is 77.3 cm³/mol. The molecule has 0 heterocycles. The molecule has 1 aliphatic carbocycles. The minimum atomic E-state index is -2.53. The summed E-state index contributed by atoms with van der Waals surface area (Å²) in [4.78, 5) is 4.75. The van der Waals surface area contributed by atoms with Gasteiger partial charge in [0.05, 0.1) is 0 Å². The van der Waals surface area contributed by atoms with E-state index in [1.54, 1.807) is 6.82 Å². The van der Waals surface area contributed by atoms with Gasteiger partial charge in [0.25, 0.3) is 0 Å². The average Bonchev–Trinajstić information content (AvgIpc) is 2.80. The summed E-state index contributed by atoms with van der Waals surface area (Å²) in [5.41, 5.74) is 0. The third-order valence-electron chi connectivity index (χ3n) is 3.67. The molecule has 0 radical (unpaired) electrons. The first kappa shape index (κ1) is 12.9. The van der Waals surface area contributed by atoms with Crippen molar-refractivity contribution < 1.29 is 4.32 Å². The van der Waals surface area contributed by atoms with Crippen molar-refractivity contribution in [3.8, 4) is 0 Å². The summed E-state index contributed by atoms with van der Waals surface area (Å²) in [5, 5.41) is 0. The first-order chi connectivity index (χ1) is 8.03. The van der Waals surface area contributed by atoms with E-state index in [-0.39, 0.29) is 5.82 Å². The van der Waals surface area contributed by atoms with Crippen LogP contribution >= 0.6 is 0 Å². The summed E-state index contributed by atoms with van der Waals surface area (Å²) >= 11 is -2.53. The Labute approximate surface area is 108 Å². The molecule has 2 rings (SSSR count). The van der Waals surface area contributed by atoms with Gasteiger partial charge in [0, 0.05) is 0 Å². The molecule has 3 heteroatoms. The quantitative estimate of drug-likeness (QED) is 0.741. The van der Waals surface area contributed by atoms with Crippen LogP contribution in [0.25, 0.3) is 0 Å². The molecule has 0 saturated carbocycles. The van der Waals surface area contributed by atoms with Crippen molar-refractivity contribution in [1.29, 1.82) is 0 Å². The van der Waals surface area contributed by atoms with Crippen molar-refractivity contribution in [2.24, 2.45) is 0 Å². The fraction of sp³-hybridized carbons (Fsp3) is 0.286. The van der Waals surface area contributed by atoms with Gasteiger partial charge < -0.3 is 0 Å².